The number of halogens is 1. The van der Waals surface area contributed by atoms with Crippen molar-refractivity contribution in [3.63, 3.8) is 0 Å². The molecule has 6 nitrogen and oxygen atoms in total. The van der Waals surface area contributed by atoms with E-state index in [2.05, 4.69) is 58.4 Å². The van der Waals surface area contributed by atoms with Crippen LogP contribution in [0.2, 0.25) is 0 Å². The average molecular weight is 556 g/mol. The summed E-state index contributed by atoms with van der Waals surface area (Å²) in [5.41, 5.74) is 4.63. The molecule has 1 heterocycles. The number of hydrogen-bond acceptors (Lipinski definition) is 6. The lowest BCUT2D eigenvalue weighted by molar-refractivity contribution is 0.267. The van der Waals surface area contributed by atoms with E-state index in [4.69, 9.17) is 18.9 Å². The van der Waals surface area contributed by atoms with Crippen LogP contribution < -0.4 is 24.3 Å². The molecular formula is C29H35BrN2O4. The highest BCUT2D eigenvalue weighted by molar-refractivity contribution is 9.10. The van der Waals surface area contributed by atoms with Crippen LogP contribution in [0, 0.1) is 0 Å². The Morgan fingerprint density at radius 2 is 1.58 bits per heavy atom. The molecule has 1 aliphatic rings. The van der Waals surface area contributed by atoms with Crippen LogP contribution in [0.3, 0.4) is 0 Å². The van der Waals surface area contributed by atoms with Gasteiger partial charge in [-0.1, -0.05) is 46.3 Å². The fraction of sp³-hybridized carbons (Fsp3) is 0.379. The topological polar surface area (TPSA) is 52.2 Å². The van der Waals surface area contributed by atoms with E-state index in [1.807, 2.05) is 36.4 Å². The Morgan fingerprint density at radius 3 is 2.31 bits per heavy atom. The van der Waals surface area contributed by atoms with E-state index < -0.39 is 0 Å². The molecule has 0 spiro atoms. The monoisotopic (exact) mass is 554 g/mol. The Kier molecular flexibility index (Phi) is 9.13. The van der Waals surface area contributed by atoms with Gasteiger partial charge >= 0.3 is 0 Å². The standard InChI is InChI=1S/C29H35BrN2O4/c1-32(2)13-8-14-35-27-16-22-21(15-25(27)33-3)11-12-31-29(22)23-17-26(34-4)28(18-24(23)30)36-19-20-9-6-5-7-10-20/h5-7,9-10,15-18,29,31H,8,11-14,19H2,1-4H3. The Balaban J connectivity index is 1.61. The second-order valence-corrected chi connectivity index (χ2v) is 10.00. The number of hydrogen-bond donors (Lipinski definition) is 1. The van der Waals surface area contributed by atoms with Gasteiger partial charge in [0.05, 0.1) is 26.9 Å². The Hall–Kier alpha value is -2.74. The van der Waals surface area contributed by atoms with Gasteiger partial charge in [-0.2, -0.15) is 0 Å². The lowest BCUT2D eigenvalue weighted by Gasteiger charge is -2.30. The van der Waals surface area contributed by atoms with Crippen LogP contribution in [0.25, 0.3) is 0 Å². The quantitative estimate of drug-likeness (QED) is 0.311. The average Bonchev–Trinajstić information content (AvgIpc) is 2.89. The maximum atomic E-state index is 6.16. The first kappa shape index (κ1) is 26.3. The van der Waals surface area contributed by atoms with Gasteiger partial charge in [0.1, 0.15) is 6.61 Å². The first-order chi connectivity index (χ1) is 17.5. The molecule has 36 heavy (non-hydrogen) atoms. The molecule has 0 saturated carbocycles. The molecule has 1 N–H and O–H groups in total. The lowest BCUT2D eigenvalue weighted by atomic mass is 9.89. The van der Waals surface area contributed by atoms with E-state index in [-0.39, 0.29) is 6.04 Å². The van der Waals surface area contributed by atoms with Gasteiger partial charge in [0.15, 0.2) is 23.0 Å². The summed E-state index contributed by atoms with van der Waals surface area (Å²) in [6.45, 7) is 2.95. The number of nitrogens with one attached hydrogen (secondary N) is 1. The third kappa shape index (κ3) is 6.33. The van der Waals surface area contributed by atoms with Crippen LogP contribution in [0.4, 0.5) is 0 Å². The molecular weight excluding hydrogens is 520 g/mol. The van der Waals surface area contributed by atoms with Crippen LogP contribution in [-0.4, -0.2) is 52.9 Å². The van der Waals surface area contributed by atoms with Crippen molar-refractivity contribution in [2.75, 3.05) is 48.0 Å². The molecule has 3 aromatic carbocycles. The molecule has 7 heteroatoms. The number of fused-ring (bicyclic) bond motifs is 1. The summed E-state index contributed by atoms with van der Waals surface area (Å²) in [5, 5.41) is 3.68. The van der Waals surface area contributed by atoms with Gasteiger partial charge in [0.2, 0.25) is 0 Å². The molecule has 1 aliphatic heterocycles. The molecule has 1 unspecified atom stereocenters. The van der Waals surface area contributed by atoms with Gasteiger partial charge in [-0.05, 0) is 73.5 Å². The minimum atomic E-state index is -0.0183. The number of ether oxygens (including phenoxy) is 4. The largest absolute Gasteiger partial charge is 0.493 e. The molecule has 0 fully saturated rings. The zero-order valence-electron chi connectivity index (χ0n) is 21.5. The highest BCUT2D eigenvalue weighted by Crippen LogP contribution is 2.42. The molecule has 0 radical (unpaired) electrons. The molecule has 1 atom stereocenters. The molecule has 0 amide bonds. The molecule has 0 aromatic heterocycles. The van der Waals surface area contributed by atoms with Crippen LogP contribution >= 0.6 is 15.9 Å². The zero-order chi connectivity index (χ0) is 25.5. The van der Waals surface area contributed by atoms with Crippen molar-refractivity contribution in [1.82, 2.24) is 10.2 Å². The van der Waals surface area contributed by atoms with Crippen molar-refractivity contribution >= 4 is 15.9 Å². The molecule has 0 saturated heterocycles. The first-order valence-corrected chi connectivity index (χ1v) is 13.0. The summed E-state index contributed by atoms with van der Waals surface area (Å²) in [7, 11) is 7.51. The summed E-state index contributed by atoms with van der Waals surface area (Å²) in [4.78, 5) is 2.16. The van der Waals surface area contributed by atoms with E-state index in [1.165, 1.54) is 11.1 Å². The predicted molar refractivity (Wildman–Crippen MR) is 147 cm³/mol. The minimum Gasteiger partial charge on any atom is -0.493 e. The van der Waals surface area contributed by atoms with Gasteiger partial charge in [0.25, 0.3) is 0 Å². The van der Waals surface area contributed by atoms with E-state index in [0.717, 1.165) is 53.0 Å². The molecule has 4 rings (SSSR count). The molecule has 0 bridgehead atoms. The van der Waals surface area contributed by atoms with Crippen molar-refractivity contribution in [2.24, 2.45) is 0 Å². The highest BCUT2D eigenvalue weighted by Gasteiger charge is 2.27. The summed E-state index contributed by atoms with van der Waals surface area (Å²) in [6.07, 6.45) is 1.87. The maximum absolute atomic E-state index is 6.16. The fourth-order valence-electron chi connectivity index (χ4n) is 4.46. The first-order valence-electron chi connectivity index (χ1n) is 12.3. The van der Waals surface area contributed by atoms with Crippen molar-refractivity contribution in [3.05, 3.63) is 81.3 Å². The second kappa shape index (κ2) is 12.5. The van der Waals surface area contributed by atoms with Crippen LogP contribution in [0.15, 0.2) is 59.1 Å². The SMILES string of the molecule is COc1cc2c(cc1OCCCN(C)C)C(c1cc(OC)c(OCc3ccccc3)cc1Br)NCC2. The van der Waals surface area contributed by atoms with Crippen LogP contribution in [0.1, 0.15) is 34.7 Å². The van der Waals surface area contributed by atoms with Gasteiger partial charge in [-0.25, -0.2) is 0 Å². The normalized spacial score (nSPS) is 14.9. The third-order valence-corrected chi connectivity index (χ3v) is 7.00. The molecule has 3 aromatic rings. The fourth-order valence-corrected chi connectivity index (χ4v) is 5.01. The van der Waals surface area contributed by atoms with Gasteiger partial charge in [-0.15, -0.1) is 0 Å². The van der Waals surface area contributed by atoms with Crippen molar-refractivity contribution in [1.29, 1.82) is 0 Å². The summed E-state index contributed by atoms with van der Waals surface area (Å²) in [6, 6.07) is 18.4. The Labute approximate surface area is 222 Å². The van der Waals surface area contributed by atoms with Crippen LogP contribution in [-0.2, 0) is 13.0 Å². The zero-order valence-corrected chi connectivity index (χ0v) is 23.1. The van der Waals surface area contributed by atoms with E-state index >= 15 is 0 Å². The van der Waals surface area contributed by atoms with E-state index in [1.54, 1.807) is 14.2 Å². The summed E-state index contributed by atoms with van der Waals surface area (Å²) in [5.74, 6) is 2.95. The number of methoxy groups -OCH3 is 2. The molecule has 0 aliphatic carbocycles. The van der Waals surface area contributed by atoms with Gasteiger partial charge < -0.3 is 29.2 Å². The Morgan fingerprint density at radius 1 is 0.889 bits per heavy atom. The van der Waals surface area contributed by atoms with Crippen molar-refractivity contribution in [3.8, 4) is 23.0 Å². The third-order valence-electron chi connectivity index (χ3n) is 6.32. The second-order valence-electron chi connectivity index (χ2n) is 9.14. The van der Waals surface area contributed by atoms with E-state index in [0.29, 0.717) is 24.7 Å². The van der Waals surface area contributed by atoms with Crippen molar-refractivity contribution < 1.29 is 18.9 Å². The molecule has 192 valence electrons. The summed E-state index contributed by atoms with van der Waals surface area (Å²) < 4.78 is 24.6. The smallest absolute Gasteiger partial charge is 0.162 e. The number of rotatable bonds is 11. The van der Waals surface area contributed by atoms with Crippen LogP contribution in [0.5, 0.6) is 23.0 Å². The minimum absolute atomic E-state index is 0.0183. The lowest BCUT2D eigenvalue weighted by Crippen LogP contribution is -2.31. The number of nitrogens with zero attached hydrogens (tertiary/aromatic N) is 1. The summed E-state index contributed by atoms with van der Waals surface area (Å²) >= 11 is 3.80. The number of benzene rings is 3. The van der Waals surface area contributed by atoms with Gasteiger partial charge in [0, 0.05) is 17.6 Å². The van der Waals surface area contributed by atoms with Crippen molar-refractivity contribution in [2.45, 2.75) is 25.5 Å². The Bertz CT molecular complexity index is 1150. The predicted octanol–water partition coefficient (Wildman–Crippen LogP) is 5.61. The maximum Gasteiger partial charge on any atom is 0.162 e. The van der Waals surface area contributed by atoms with Gasteiger partial charge in [-0.3, -0.25) is 0 Å². The highest BCUT2D eigenvalue weighted by atomic mass is 79.9. The van der Waals surface area contributed by atoms with E-state index in [9.17, 15) is 0 Å².